The Morgan fingerprint density at radius 1 is 1.15 bits per heavy atom. The third-order valence-corrected chi connectivity index (χ3v) is 3.05. The third-order valence-electron chi connectivity index (χ3n) is 3.05. The average Bonchev–Trinajstić information content (AvgIpc) is 2.86. The second-order valence-corrected chi connectivity index (χ2v) is 4.57. The molecule has 0 aromatic carbocycles. The van der Waals surface area contributed by atoms with E-state index >= 15 is 0 Å². The van der Waals surface area contributed by atoms with Crippen LogP contribution in [0.2, 0.25) is 0 Å². The van der Waals surface area contributed by atoms with Gasteiger partial charge in [-0.1, -0.05) is 6.07 Å². The number of hydrogen-bond acceptors (Lipinski definition) is 5. The summed E-state index contributed by atoms with van der Waals surface area (Å²) in [6, 6.07) is 9.21. The summed E-state index contributed by atoms with van der Waals surface area (Å²) < 4.78 is 1.93. The van der Waals surface area contributed by atoms with Crippen molar-refractivity contribution in [3.8, 4) is 5.75 Å². The van der Waals surface area contributed by atoms with Crippen LogP contribution in [0.5, 0.6) is 5.75 Å². The smallest absolute Gasteiger partial charge is 0.160 e. The topological polar surface area (TPSA) is 75.3 Å². The lowest BCUT2D eigenvalue weighted by atomic mass is 10.3. The zero-order valence-electron chi connectivity index (χ0n) is 11.1. The van der Waals surface area contributed by atoms with Crippen LogP contribution >= 0.6 is 0 Å². The van der Waals surface area contributed by atoms with Crippen molar-refractivity contribution in [3.63, 3.8) is 0 Å². The Hall–Kier alpha value is -2.47. The van der Waals surface area contributed by atoms with Gasteiger partial charge in [0.05, 0.1) is 12.2 Å². The summed E-state index contributed by atoms with van der Waals surface area (Å²) in [7, 11) is 0. The lowest BCUT2D eigenvalue weighted by Gasteiger charge is -2.06. The molecule has 0 bridgehead atoms. The van der Waals surface area contributed by atoms with Gasteiger partial charge in [-0.15, -0.1) is 10.2 Å². The molecule has 102 valence electrons. The van der Waals surface area contributed by atoms with Crippen LogP contribution in [0.3, 0.4) is 0 Å². The van der Waals surface area contributed by atoms with Gasteiger partial charge in [0, 0.05) is 18.4 Å². The Kier molecular flexibility index (Phi) is 3.30. The molecule has 0 aliphatic heterocycles. The van der Waals surface area contributed by atoms with Crippen LogP contribution in [0.1, 0.15) is 17.2 Å². The SMILES string of the molecule is Cc1ccc(O)c(CNCc2nnc3ccccn23)n1. The van der Waals surface area contributed by atoms with Crippen molar-refractivity contribution in [3.05, 3.63) is 53.7 Å². The molecule has 0 atom stereocenters. The van der Waals surface area contributed by atoms with Gasteiger partial charge >= 0.3 is 0 Å². The van der Waals surface area contributed by atoms with E-state index in [1.54, 1.807) is 12.1 Å². The average molecular weight is 269 g/mol. The Balaban J connectivity index is 1.69. The van der Waals surface area contributed by atoms with E-state index in [1.165, 1.54) is 0 Å². The molecule has 0 aliphatic rings. The molecule has 3 rings (SSSR count). The van der Waals surface area contributed by atoms with Crippen molar-refractivity contribution < 1.29 is 5.11 Å². The zero-order chi connectivity index (χ0) is 13.9. The van der Waals surface area contributed by atoms with Crippen molar-refractivity contribution in [1.29, 1.82) is 0 Å². The van der Waals surface area contributed by atoms with Crippen LogP contribution in [0, 0.1) is 6.92 Å². The highest BCUT2D eigenvalue weighted by Gasteiger charge is 2.06. The molecule has 6 heteroatoms. The van der Waals surface area contributed by atoms with Gasteiger partial charge in [0.2, 0.25) is 0 Å². The number of aromatic hydroxyl groups is 1. The molecule has 3 aromatic heterocycles. The number of rotatable bonds is 4. The predicted molar refractivity (Wildman–Crippen MR) is 74.2 cm³/mol. The summed E-state index contributed by atoms with van der Waals surface area (Å²) in [6.07, 6.45) is 1.93. The maximum absolute atomic E-state index is 9.73. The minimum absolute atomic E-state index is 0.203. The van der Waals surface area contributed by atoms with Gasteiger partial charge in [0.1, 0.15) is 5.75 Å². The van der Waals surface area contributed by atoms with Gasteiger partial charge in [0.25, 0.3) is 0 Å². The van der Waals surface area contributed by atoms with Crippen molar-refractivity contribution in [2.24, 2.45) is 0 Å². The molecular weight excluding hydrogens is 254 g/mol. The van der Waals surface area contributed by atoms with Gasteiger partial charge in [0.15, 0.2) is 11.5 Å². The van der Waals surface area contributed by atoms with Crippen LogP contribution in [0.25, 0.3) is 5.65 Å². The van der Waals surface area contributed by atoms with E-state index in [-0.39, 0.29) is 5.75 Å². The van der Waals surface area contributed by atoms with Crippen molar-refractivity contribution in [1.82, 2.24) is 24.9 Å². The third kappa shape index (κ3) is 2.46. The van der Waals surface area contributed by atoms with E-state index in [1.807, 2.05) is 35.7 Å². The lowest BCUT2D eigenvalue weighted by molar-refractivity contribution is 0.458. The molecule has 0 aliphatic carbocycles. The fourth-order valence-electron chi connectivity index (χ4n) is 2.04. The first kappa shape index (κ1) is 12.6. The predicted octanol–water partition coefficient (Wildman–Crippen LogP) is 1.43. The van der Waals surface area contributed by atoms with E-state index < -0.39 is 0 Å². The van der Waals surface area contributed by atoms with Gasteiger partial charge in [-0.25, -0.2) is 0 Å². The van der Waals surface area contributed by atoms with E-state index in [4.69, 9.17) is 0 Å². The molecule has 0 saturated heterocycles. The lowest BCUT2D eigenvalue weighted by Crippen LogP contribution is -2.16. The molecule has 0 radical (unpaired) electrons. The van der Waals surface area contributed by atoms with Crippen LogP contribution in [-0.4, -0.2) is 24.7 Å². The zero-order valence-corrected chi connectivity index (χ0v) is 11.1. The van der Waals surface area contributed by atoms with Crippen LogP contribution < -0.4 is 5.32 Å². The number of hydrogen-bond donors (Lipinski definition) is 2. The fourth-order valence-corrected chi connectivity index (χ4v) is 2.04. The molecule has 0 amide bonds. The van der Waals surface area contributed by atoms with Crippen LogP contribution in [-0.2, 0) is 13.1 Å². The Morgan fingerprint density at radius 2 is 2.05 bits per heavy atom. The molecule has 6 nitrogen and oxygen atoms in total. The summed E-state index contributed by atoms with van der Waals surface area (Å²) in [6.45, 7) is 2.93. The Bertz CT molecular complexity index is 737. The summed E-state index contributed by atoms with van der Waals surface area (Å²) in [5, 5.41) is 21.2. The van der Waals surface area contributed by atoms with Gasteiger partial charge in [-0.3, -0.25) is 9.38 Å². The monoisotopic (exact) mass is 269 g/mol. The maximum atomic E-state index is 9.73. The highest BCUT2D eigenvalue weighted by molar-refractivity contribution is 5.37. The van der Waals surface area contributed by atoms with Gasteiger partial charge in [-0.05, 0) is 31.2 Å². The molecule has 20 heavy (non-hydrogen) atoms. The first-order valence-corrected chi connectivity index (χ1v) is 6.39. The minimum Gasteiger partial charge on any atom is -0.506 e. The number of pyridine rings is 2. The molecular formula is C14H15N5O. The maximum Gasteiger partial charge on any atom is 0.160 e. The van der Waals surface area contributed by atoms with E-state index in [0.717, 1.165) is 17.2 Å². The molecule has 0 spiro atoms. The summed E-state index contributed by atoms with van der Waals surface area (Å²) in [5.74, 6) is 1.03. The van der Waals surface area contributed by atoms with Crippen LogP contribution in [0.15, 0.2) is 36.5 Å². The number of aromatic nitrogens is 4. The number of fused-ring (bicyclic) bond motifs is 1. The van der Waals surface area contributed by atoms with Crippen molar-refractivity contribution in [2.45, 2.75) is 20.0 Å². The molecule has 0 unspecified atom stereocenters. The molecule has 0 fully saturated rings. The molecule has 2 N–H and O–H groups in total. The molecule has 0 saturated carbocycles. The largest absolute Gasteiger partial charge is 0.506 e. The summed E-state index contributed by atoms with van der Waals surface area (Å²) in [4.78, 5) is 4.30. The van der Waals surface area contributed by atoms with Gasteiger partial charge < -0.3 is 10.4 Å². The first-order chi connectivity index (χ1) is 9.74. The molecule has 3 heterocycles. The summed E-state index contributed by atoms with van der Waals surface area (Å²) >= 11 is 0. The molecule has 3 aromatic rings. The summed E-state index contributed by atoms with van der Waals surface area (Å²) in [5.41, 5.74) is 2.34. The number of nitrogens with zero attached hydrogens (tertiary/aromatic N) is 4. The standard InChI is InChI=1S/C14H15N5O/c1-10-5-6-12(20)11(16-10)8-15-9-14-18-17-13-4-2-3-7-19(13)14/h2-7,15,20H,8-9H2,1H3. The van der Waals surface area contributed by atoms with E-state index in [2.05, 4.69) is 20.5 Å². The van der Waals surface area contributed by atoms with Crippen molar-refractivity contribution in [2.75, 3.05) is 0 Å². The van der Waals surface area contributed by atoms with Gasteiger partial charge in [-0.2, -0.15) is 0 Å². The van der Waals surface area contributed by atoms with Crippen molar-refractivity contribution >= 4 is 5.65 Å². The highest BCUT2D eigenvalue weighted by atomic mass is 16.3. The minimum atomic E-state index is 0.203. The number of aryl methyl sites for hydroxylation is 1. The Labute approximate surface area is 116 Å². The number of nitrogens with one attached hydrogen (secondary N) is 1. The Morgan fingerprint density at radius 3 is 2.95 bits per heavy atom. The quantitative estimate of drug-likeness (QED) is 0.749. The highest BCUT2D eigenvalue weighted by Crippen LogP contribution is 2.14. The van der Waals surface area contributed by atoms with E-state index in [9.17, 15) is 5.11 Å². The first-order valence-electron chi connectivity index (χ1n) is 6.39. The second kappa shape index (κ2) is 5.26. The fraction of sp³-hybridized carbons (Fsp3) is 0.214. The van der Waals surface area contributed by atoms with E-state index in [0.29, 0.717) is 18.8 Å². The van der Waals surface area contributed by atoms with Crippen LogP contribution in [0.4, 0.5) is 0 Å². The second-order valence-electron chi connectivity index (χ2n) is 4.57. The normalized spacial score (nSPS) is 11.1.